The summed E-state index contributed by atoms with van der Waals surface area (Å²) in [6.07, 6.45) is -2.80. The van der Waals surface area contributed by atoms with Gasteiger partial charge in [0.25, 0.3) is 6.43 Å². The van der Waals surface area contributed by atoms with E-state index >= 15 is 0 Å². The van der Waals surface area contributed by atoms with Crippen molar-refractivity contribution in [3.8, 4) is 0 Å². The maximum Gasteiger partial charge on any atom is 0.308 e. The standard InChI is InChI=1S/C6H8F2N4O2/c1-3(6(13)14)2-12-5(4(7)8)9-10-11-12/h3-4H,2H2,1H3,(H,13,14). The van der Waals surface area contributed by atoms with Gasteiger partial charge in [0.1, 0.15) is 0 Å². The normalized spacial score (nSPS) is 13.1. The molecule has 1 unspecified atom stereocenters. The molecule has 1 atom stereocenters. The van der Waals surface area contributed by atoms with Crippen LogP contribution in [0.15, 0.2) is 0 Å². The van der Waals surface area contributed by atoms with Gasteiger partial charge in [-0.3, -0.25) is 4.79 Å². The molecule has 0 saturated heterocycles. The molecule has 0 aliphatic carbocycles. The molecule has 8 heteroatoms. The minimum atomic E-state index is -2.80. The summed E-state index contributed by atoms with van der Waals surface area (Å²) in [4.78, 5) is 10.4. The van der Waals surface area contributed by atoms with Gasteiger partial charge in [-0.25, -0.2) is 13.5 Å². The summed E-state index contributed by atoms with van der Waals surface area (Å²) >= 11 is 0. The molecule has 1 aromatic heterocycles. The summed E-state index contributed by atoms with van der Waals surface area (Å²) < 4.78 is 25.2. The van der Waals surface area contributed by atoms with E-state index in [1.807, 2.05) is 0 Å². The number of carboxylic acids is 1. The predicted octanol–water partition coefficient (Wildman–Crippen LogP) is 0.331. The Morgan fingerprint density at radius 2 is 2.29 bits per heavy atom. The molecule has 0 aliphatic heterocycles. The summed E-state index contributed by atoms with van der Waals surface area (Å²) in [5.74, 6) is -2.50. The van der Waals surface area contributed by atoms with Gasteiger partial charge in [0, 0.05) is 0 Å². The number of tetrazole rings is 1. The van der Waals surface area contributed by atoms with Gasteiger partial charge in [-0.2, -0.15) is 0 Å². The van der Waals surface area contributed by atoms with Crippen molar-refractivity contribution in [3.63, 3.8) is 0 Å². The molecule has 0 amide bonds. The van der Waals surface area contributed by atoms with E-state index in [9.17, 15) is 13.6 Å². The molecule has 1 N–H and O–H groups in total. The molecule has 6 nitrogen and oxygen atoms in total. The Morgan fingerprint density at radius 1 is 1.64 bits per heavy atom. The zero-order valence-corrected chi connectivity index (χ0v) is 7.26. The third-order valence-corrected chi connectivity index (χ3v) is 1.62. The van der Waals surface area contributed by atoms with Crippen molar-refractivity contribution < 1.29 is 18.7 Å². The summed E-state index contributed by atoms with van der Waals surface area (Å²) in [5, 5.41) is 17.9. The minimum Gasteiger partial charge on any atom is -0.481 e. The van der Waals surface area contributed by atoms with Crippen LogP contribution in [0.3, 0.4) is 0 Å². The molecule has 1 heterocycles. The Kier molecular flexibility index (Phi) is 3.05. The number of aromatic nitrogens is 4. The molecular weight excluding hydrogens is 198 g/mol. The number of rotatable bonds is 4. The maximum atomic E-state index is 12.2. The molecule has 0 saturated carbocycles. The van der Waals surface area contributed by atoms with Gasteiger partial charge in [-0.15, -0.1) is 5.10 Å². The van der Waals surface area contributed by atoms with Crippen LogP contribution in [0.5, 0.6) is 0 Å². The van der Waals surface area contributed by atoms with Crippen molar-refractivity contribution in [1.29, 1.82) is 0 Å². The van der Waals surface area contributed by atoms with Crippen molar-refractivity contribution in [2.75, 3.05) is 0 Å². The third kappa shape index (κ3) is 2.21. The van der Waals surface area contributed by atoms with Crippen LogP contribution in [0.4, 0.5) is 8.78 Å². The number of carboxylic acid groups (broad SMARTS) is 1. The molecule has 78 valence electrons. The van der Waals surface area contributed by atoms with Crippen LogP contribution in [-0.4, -0.2) is 31.3 Å². The van der Waals surface area contributed by atoms with E-state index in [1.165, 1.54) is 6.92 Å². The van der Waals surface area contributed by atoms with E-state index < -0.39 is 24.1 Å². The molecule has 0 aliphatic rings. The van der Waals surface area contributed by atoms with Gasteiger partial charge < -0.3 is 5.11 Å². The number of hydrogen-bond acceptors (Lipinski definition) is 4. The van der Waals surface area contributed by atoms with E-state index in [0.717, 1.165) is 4.68 Å². The first-order valence-corrected chi connectivity index (χ1v) is 3.79. The Hall–Kier alpha value is -1.60. The van der Waals surface area contributed by atoms with E-state index in [0.29, 0.717) is 0 Å². The lowest BCUT2D eigenvalue weighted by molar-refractivity contribution is -0.141. The van der Waals surface area contributed by atoms with E-state index in [2.05, 4.69) is 15.5 Å². The van der Waals surface area contributed by atoms with Gasteiger partial charge in [-0.05, 0) is 10.4 Å². The van der Waals surface area contributed by atoms with Crippen LogP contribution in [-0.2, 0) is 11.3 Å². The predicted molar refractivity (Wildman–Crippen MR) is 39.6 cm³/mol. The van der Waals surface area contributed by atoms with Crippen molar-refractivity contribution >= 4 is 5.97 Å². The molecule has 0 fully saturated rings. The van der Waals surface area contributed by atoms with Crippen molar-refractivity contribution in [1.82, 2.24) is 20.2 Å². The molecule has 0 spiro atoms. The highest BCUT2D eigenvalue weighted by Crippen LogP contribution is 2.15. The highest BCUT2D eigenvalue weighted by molar-refractivity contribution is 5.69. The van der Waals surface area contributed by atoms with Crippen molar-refractivity contribution in [3.05, 3.63) is 5.82 Å². The fourth-order valence-corrected chi connectivity index (χ4v) is 0.835. The first-order valence-electron chi connectivity index (χ1n) is 3.79. The number of aliphatic carboxylic acids is 1. The maximum absolute atomic E-state index is 12.2. The molecule has 0 aromatic carbocycles. The smallest absolute Gasteiger partial charge is 0.308 e. The number of halogens is 2. The van der Waals surface area contributed by atoms with Crippen molar-refractivity contribution in [2.45, 2.75) is 19.9 Å². The first kappa shape index (κ1) is 10.5. The van der Waals surface area contributed by atoms with Gasteiger partial charge in [0.15, 0.2) is 0 Å². The number of hydrogen-bond donors (Lipinski definition) is 1. The average molecular weight is 206 g/mol. The highest BCUT2D eigenvalue weighted by atomic mass is 19.3. The van der Waals surface area contributed by atoms with E-state index in [4.69, 9.17) is 5.11 Å². The summed E-state index contributed by atoms with van der Waals surface area (Å²) in [7, 11) is 0. The van der Waals surface area contributed by atoms with Crippen LogP contribution in [0.25, 0.3) is 0 Å². The average Bonchev–Trinajstić information content (AvgIpc) is 2.52. The molecule has 1 aromatic rings. The lowest BCUT2D eigenvalue weighted by atomic mass is 10.2. The van der Waals surface area contributed by atoms with Crippen LogP contribution >= 0.6 is 0 Å². The summed E-state index contributed by atoms with van der Waals surface area (Å²) in [6, 6.07) is 0. The lowest BCUT2D eigenvalue weighted by Gasteiger charge is -2.06. The molecule has 14 heavy (non-hydrogen) atoms. The van der Waals surface area contributed by atoms with Gasteiger partial charge >= 0.3 is 5.97 Å². The van der Waals surface area contributed by atoms with Gasteiger partial charge in [-0.1, -0.05) is 6.92 Å². The molecule has 0 bridgehead atoms. The van der Waals surface area contributed by atoms with Crippen molar-refractivity contribution in [2.24, 2.45) is 5.92 Å². The monoisotopic (exact) mass is 206 g/mol. The number of carbonyl (C=O) groups is 1. The molecule has 0 radical (unpaired) electrons. The van der Waals surface area contributed by atoms with Gasteiger partial charge in [0.05, 0.1) is 12.5 Å². The fraction of sp³-hybridized carbons (Fsp3) is 0.667. The lowest BCUT2D eigenvalue weighted by Crippen LogP contribution is -2.19. The van der Waals surface area contributed by atoms with Crippen LogP contribution < -0.4 is 0 Å². The second-order valence-corrected chi connectivity index (χ2v) is 2.76. The first-order chi connectivity index (χ1) is 6.52. The zero-order valence-electron chi connectivity index (χ0n) is 7.26. The van der Waals surface area contributed by atoms with Crippen LogP contribution in [0, 0.1) is 5.92 Å². The van der Waals surface area contributed by atoms with Gasteiger partial charge in [0.2, 0.25) is 5.82 Å². The van der Waals surface area contributed by atoms with E-state index in [-0.39, 0.29) is 6.54 Å². The summed E-state index contributed by atoms with van der Waals surface area (Å²) in [6.45, 7) is 1.22. The second kappa shape index (κ2) is 4.07. The SMILES string of the molecule is CC(Cn1nnnc1C(F)F)C(=O)O. The number of nitrogens with zero attached hydrogens (tertiary/aromatic N) is 4. The number of alkyl halides is 2. The van der Waals surface area contributed by atoms with Crippen LogP contribution in [0.2, 0.25) is 0 Å². The largest absolute Gasteiger partial charge is 0.481 e. The Bertz CT molecular complexity index is 327. The van der Waals surface area contributed by atoms with E-state index in [1.54, 1.807) is 0 Å². The third-order valence-electron chi connectivity index (χ3n) is 1.62. The Balaban J connectivity index is 2.76. The molecular formula is C6H8F2N4O2. The fourth-order valence-electron chi connectivity index (χ4n) is 0.835. The van der Waals surface area contributed by atoms with Crippen LogP contribution in [0.1, 0.15) is 19.2 Å². The Morgan fingerprint density at radius 3 is 2.79 bits per heavy atom. The Labute approximate surface area is 77.5 Å². The molecule has 1 rings (SSSR count). The topological polar surface area (TPSA) is 80.9 Å². The summed E-state index contributed by atoms with van der Waals surface area (Å²) in [5.41, 5.74) is 0. The highest BCUT2D eigenvalue weighted by Gasteiger charge is 2.20. The second-order valence-electron chi connectivity index (χ2n) is 2.76. The zero-order chi connectivity index (χ0) is 10.7. The quantitative estimate of drug-likeness (QED) is 0.767. The minimum absolute atomic E-state index is 0.165.